The summed E-state index contributed by atoms with van der Waals surface area (Å²) in [4.78, 5) is 26.1. The molecule has 3 rings (SSSR count). The van der Waals surface area contributed by atoms with Crippen LogP contribution in [0.2, 0.25) is 5.02 Å². The van der Waals surface area contributed by atoms with Gasteiger partial charge in [0.15, 0.2) is 5.43 Å². The van der Waals surface area contributed by atoms with E-state index >= 15 is 0 Å². The van der Waals surface area contributed by atoms with Gasteiger partial charge in [0.2, 0.25) is 0 Å². The summed E-state index contributed by atoms with van der Waals surface area (Å²) < 4.78 is 14.2. The van der Waals surface area contributed by atoms with Gasteiger partial charge in [0.1, 0.15) is 12.1 Å². The van der Waals surface area contributed by atoms with Gasteiger partial charge in [0, 0.05) is 41.7 Å². The van der Waals surface area contributed by atoms with Crippen molar-refractivity contribution in [1.29, 1.82) is 0 Å². The van der Waals surface area contributed by atoms with Crippen molar-refractivity contribution in [3.05, 3.63) is 80.3 Å². The number of rotatable bonds is 7. The number of H-pyrrole nitrogens is 1. The Morgan fingerprint density at radius 2 is 1.88 bits per heavy atom. The molecule has 0 atom stereocenters. The van der Waals surface area contributed by atoms with Gasteiger partial charge in [0.25, 0.3) is 0 Å². The Hall–Kier alpha value is -2.50. The fraction of sp³-hybridized carbons (Fsp3) is 0.200. The van der Waals surface area contributed by atoms with E-state index in [0.29, 0.717) is 47.5 Å². The number of nitrogens with one attached hydrogen (secondary N) is 2. The number of hydrogen-bond donors (Lipinski definition) is 2. The summed E-state index contributed by atoms with van der Waals surface area (Å²) >= 11 is 5.86. The first-order valence-electron chi connectivity index (χ1n) is 8.30. The van der Waals surface area contributed by atoms with Crippen LogP contribution >= 0.6 is 11.6 Å². The molecule has 1 aromatic heterocycles. The second-order valence-electron chi connectivity index (χ2n) is 6.08. The topological polar surface area (TPSA) is 62.0 Å². The third kappa shape index (κ3) is 4.18. The van der Waals surface area contributed by atoms with Gasteiger partial charge in [-0.3, -0.25) is 4.79 Å². The summed E-state index contributed by atoms with van der Waals surface area (Å²) in [5.41, 5.74) is 2.19. The highest BCUT2D eigenvalue weighted by Gasteiger charge is 2.10. The van der Waals surface area contributed by atoms with E-state index in [1.807, 2.05) is 24.3 Å². The summed E-state index contributed by atoms with van der Waals surface area (Å²) in [6, 6.07) is 10.5. The maximum Gasteiger partial charge on any atom is 0.193 e. The zero-order chi connectivity index (χ0) is 18.5. The number of aldehydes is 1. The Labute approximate surface area is 155 Å². The molecule has 2 N–H and O–H groups in total. The van der Waals surface area contributed by atoms with Crippen LogP contribution in [0.5, 0.6) is 0 Å². The molecule has 2 aromatic carbocycles. The van der Waals surface area contributed by atoms with Gasteiger partial charge in [-0.25, -0.2) is 4.39 Å². The summed E-state index contributed by atoms with van der Waals surface area (Å²) in [7, 11) is 0. The van der Waals surface area contributed by atoms with E-state index in [4.69, 9.17) is 11.6 Å². The predicted octanol–water partition coefficient (Wildman–Crippen LogP) is 3.74. The number of aromatic amines is 1. The smallest absolute Gasteiger partial charge is 0.193 e. The number of carbonyl (C=O) groups is 1. The van der Waals surface area contributed by atoms with Crippen LogP contribution in [0.4, 0.5) is 4.39 Å². The molecule has 3 aromatic rings. The highest BCUT2D eigenvalue weighted by atomic mass is 35.5. The monoisotopic (exact) mass is 372 g/mol. The number of carbonyl (C=O) groups excluding carboxylic acids is 1. The van der Waals surface area contributed by atoms with Crippen LogP contribution in [-0.2, 0) is 24.3 Å². The van der Waals surface area contributed by atoms with Crippen LogP contribution in [0.1, 0.15) is 23.1 Å². The number of benzene rings is 2. The van der Waals surface area contributed by atoms with Crippen molar-refractivity contribution in [1.82, 2.24) is 10.3 Å². The molecule has 134 valence electrons. The van der Waals surface area contributed by atoms with Gasteiger partial charge in [-0.1, -0.05) is 23.7 Å². The molecule has 0 aliphatic rings. The molecule has 4 nitrogen and oxygen atoms in total. The highest BCUT2D eigenvalue weighted by molar-refractivity contribution is 6.30. The lowest BCUT2D eigenvalue weighted by atomic mass is 10.0. The predicted molar refractivity (Wildman–Crippen MR) is 101 cm³/mol. The van der Waals surface area contributed by atoms with E-state index in [9.17, 15) is 14.0 Å². The van der Waals surface area contributed by atoms with Gasteiger partial charge in [-0.05, 0) is 41.8 Å². The Kier molecular flexibility index (Phi) is 5.81. The maximum absolute atomic E-state index is 14.2. The molecule has 0 radical (unpaired) electrons. The van der Waals surface area contributed by atoms with Crippen molar-refractivity contribution >= 4 is 28.8 Å². The van der Waals surface area contributed by atoms with Crippen molar-refractivity contribution in [2.45, 2.75) is 25.9 Å². The number of aromatic nitrogens is 1. The molecule has 0 spiro atoms. The second kappa shape index (κ2) is 8.25. The van der Waals surface area contributed by atoms with E-state index in [1.165, 1.54) is 12.3 Å². The average molecular weight is 373 g/mol. The minimum atomic E-state index is -0.485. The van der Waals surface area contributed by atoms with Gasteiger partial charge in [0.05, 0.1) is 5.52 Å². The first-order chi connectivity index (χ1) is 12.6. The summed E-state index contributed by atoms with van der Waals surface area (Å²) in [6.07, 6.45) is 3.02. The average Bonchev–Trinajstić information content (AvgIpc) is 2.64. The van der Waals surface area contributed by atoms with Crippen molar-refractivity contribution in [3.63, 3.8) is 0 Å². The first kappa shape index (κ1) is 18.3. The molecule has 0 fully saturated rings. The number of halogens is 2. The van der Waals surface area contributed by atoms with Crippen molar-refractivity contribution in [2.24, 2.45) is 0 Å². The molecule has 6 heteroatoms. The molecule has 0 saturated heterocycles. The fourth-order valence-electron chi connectivity index (χ4n) is 2.83. The zero-order valence-corrected chi connectivity index (χ0v) is 14.8. The van der Waals surface area contributed by atoms with E-state index < -0.39 is 5.82 Å². The third-order valence-electron chi connectivity index (χ3n) is 4.19. The molecule has 0 aliphatic carbocycles. The first-order valence-corrected chi connectivity index (χ1v) is 8.68. The number of pyridine rings is 1. The van der Waals surface area contributed by atoms with Crippen LogP contribution in [0.15, 0.2) is 47.4 Å². The van der Waals surface area contributed by atoms with Crippen LogP contribution in [0.3, 0.4) is 0 Å². The quantitative estimate of drug-likeness (QED) is 0.621. The number of hydrogen-bond acceptors (Lipinski definition) is 3. The summed E-state index contributed by atoms with van der Waals surface area (Å²) in [6.45, 7) is 0.941. The Bertz CT molecular complexity index is 984. The minimum Gasteiger partial charge on any atom is -0.358 e. The standard InChI is InChI=1S/C20H18ClFN2O2/c21-16-5-3-13(4-6-16)10-23-11-15-12-24-19-17(20(15)26)8-14(2-1-7-25)9-18(19)22/h3-9,12,23H,1-2,10-11H2,(H,24,26). The van der Waals surface area contributed by atoms with E-state index in [2.05, 4.69) is 10.3 Å². The van der Waals surface area contributed by atoms with Gasteiger partial charge in [-0.2, -0.15) is 0 Å². The number of aryl methyl sites for hydroxylation is 1. The fourth-order valence-corrected chi connectivity index (χ4v) is 2.96. The molecule has 0 amide bonds. The Morgan fingerprint density at radius 1 is 1.12 bits per heavy atom. The van der Waals surface area contributed by atoms with Gasteiger partial charge in [-0.15, -0.1) is 0 Å². The normalized spacial score (nSPS) is 11.0. The van der Waals surface area contributed by atoms with Gasteiger partial charge >= 0.3 is 0 Å². The van der Waals surface area contributed by atoms with Crippen molar-refractivity contribution in [2.75, 3.05) is 0 Å². The van der Waals surface area contributed by atoms with E-state index in [0.717, 1.165) is 11.8 Å². The van der Waals surface area contributed by atoms with E-state index in [1.54, 1.807) is 6.07 Å². The Morgan fingerprint density at radius 3 is 2.62 bits per heavy atom. The van der Waals surface area contributed by atoms with Crippen molar-refractivity contribution < 1.29 is 9.18 Å². The second-order valence-corrected chi connectivity index (χ2v) is 6.52. The van der Waals surface area contributed by atoms with Crippen LogP contribution in [-0.4, -0.2) is 11.3 Å². The van der Waals surface area contributed by atoms with E-state index in [-0.39, 0.29) is 10.9 Å². The minimum absolute atomic E-state index is 0.186. The molecule has 26 heavy (non-hydrogen) atoms. The number of fused-ring (bicyclic) bond motifs is 1. The van der Waals surface area contributed by atoms with Crippen LogP contribution in [0, 0.1) is 5.82 Å². The summed E-state index contributed by atoms with van der Waals surface area (Å²) in [5.74, 6) is -0.485. The summed E-state index contributed by atoms with van der Waals surface area (Å²) in [5, 5.41) is 4.18. The SMILES string of the molecule is O=CCCc1cc(F)c2[nH]cc(CNCc3ccc(Cl)cc3)c(=O)c2c1. The zero-order valence-electron chi connectivity index (χ0n) is 14.0. The largest absolute Gasteiger partial charge is 0.358 e. The third-order valence-corrected chi connectivity index (χ3v) is 4.44. The lowest BCUT2D eigenvalue weighted by Gasteiger charge is -2.08. The Balaban J connectivity index is 1.80. The lowest BCUT2D eigenvalue weighted by Crippen LogP contribution is -2.20. The van der Waals surface area contributed by atoms with Crippen LogP contribution < -0.4 is 10.7 Å². The van der Waals surface area contributed by atoms with Gasteiger partial charge < -0.3 is 15.1 Å². The highest BCUT2D eigenvalue weighted by Crippen LogP contribution is 2.17. The molecule has 0 unspecified atom stereocenters. The molecular formula is C20H18ClFN2O2. The lowest BCUT2D eigenvalue weighted by molar-refractivity contribution is -0.107. The molecule has 0 saturated carbocycles. The maximum atomic E-state index is 14.2. The molecular weight excluding hydrogens is 355 g/mol. The van der Waals surface area contributed by atoms with Crippen molar-refractivity contribution in [3.8, 4) is 0 Å². The van der Waals surface area contributed by atoms with Crippen LogP contribution in [0.25, 0.3) is 10.9 Å². The molecule has 0 bridgehead atoms. The molecule has 1 heterocycles. The molecule has 0 aliphatic heterocycles.